The molecule has 22 heavy (non-hydrogen) atoms. The van der Waals surface area contributed by atoms with E-state index in [9.17, 15) is 13.2 Å². The Morgan fingerprint density at radius 3 is 2.32 bits per heavy atom. The van der Waals surface area contributed by atoms with Crippen LogP contribution in [0.3, 0.4) is 0 Å². The van der Waals surface area contributed by atoms with Crippen LogP contribution in [0, 0.1) is 0 Å². The van der Waals surface area contributed by atoms with Crippen LogP contribution in [0.1, 0.15) is 30.5 Å². The second-order valence-corrected chi connectivity index (χ2v) is 4.56. The summed E-state index contributed by atoms with van der Waals surface area (Å²) in [5.41, 5.74) is -0.861. The van der Waals surface area contributed by atoms with Crippen molar-refractivity contribution in [3.63, 3.8) is 0 Å². The molecule has 1 N–H and O–H groups in total. The average molecular weight is 314 g/mol. The molecule has 0 amide bonds. The largest absolute Gasteiger partial charge is 0.486 e. The molecule has 0 heterocycles. The fourth-order valence-corrected chi connectivity index (χ4v) is 1.85. The summed E-state index contributed by atoms with van der Waals surface area (Å²) in [5, 5.41) is 2.88. The maximum atomic E-state index is 12.7. The molecule has 0 aromatic heterocycles. The molecule has 0 aliphatic carbocycles. The topological polar surface area (TPSA) is 21.3 Å². The normalized spacial score (nSPS) is 16.1. The van der Waals surface area contributed by atoms with E-state index >= 15 is 0 Å². The number of benzene rings is 2. The Kier molecular flexibility index (Phi) is 3.55. The van der Waals surface area contributed by atoms with E-state index in [0.29, 0.717) is 6.54 Å². The van der Waals surface area contributed by atoms with Crippen molar-refractivity contribution in [1.82, 2.24) is 5.32 Å². The van der Waals surface area contributed by atoms with Crippen LogP contribution >= 0.6 is 0 Å². The summed E-state index contributed by atoms with van der Waals surface area (Å²) in [6.45, 7) is 0.410. The van der Waals surface area contributed by atoms with E-state index < -0.39 is 48.1 Å². The zero-order valence-electron chi connectivity index (χ0n) is 16.8. The summed E-state index contributed by atoms with van der Waals surface area (Å²) in [6.07, 6.45) is -5.15. The first-order valence-electron chi connectivity index (χ1n) is 9.13. The van der Waals surface area contributed by atoms with Crippen molar-refractivity contribution in [2.24, 2.45) is 0 Å². The van der Waals surface area contributed by atoms with Gasteiger partial charge >= 0.3 is 6.18 Å². The SMILES string of the molecule is [2H]c1c([2H])c([2H])c(C(CCNC)Oc2ccc(C(F)(F)F)cc2)c([2H])c1[2H]. The zero-order chi connectivity index (χ0) is 20.4. The molecule has 0 spiro atoms. The Labute approximate surface area is 134 Å². The molecule has 0 saturated carbocycles. The number of ether oxygens (including phenoxy) is 1. The molecular formula is C17H18F3NO. The van der Waals surface area contributed by atoms with Crippen molar-refractivity contribution in [1.29, 1.82) is 0 Å². The van der Waals surface area contributed by atoms with Gasteiger partial charge in [0.15, 0.2) is 0 Å². The van der Waals surface area contributed by atoms with E-state index in [1.165, 1.54) is 0 Å². The predicted molar refractivity (Wildman–Crippen MR) is 79.8 cm³/mol. The lowest BCUT2D eigenvalue weighted by atomic mass is 10.1. The molecular weight excluding hydrogens is 291 g/mol. The zero-order valence-corrected chi connectivity index (χ0v) is 11.8. The number of nitrogens with one attached hydrogen (secondary N) is 1. The molecule has 1 atom stereocenters. The van der Waals surface area contributed by atoms with E-state index in [1.807, 2.05) is 0 Å². The molecule has 5 heteroatoms. The van der Waals surface area contributed by atoms with Gasteiger partial charge in [-0.05, 0) is 43.4 Å². The van der Waals surface area contributed by atoms with E-state index in [2.05, 4.69) is 5.32 Å². The van der Waals surface area contributed by atoms with E-state index in [4.69, 9.17) is 11.6 Å². The Balaban J connectivity index is 2.42. The van der Waals surface area contributed by atoms with Crippen LogP contribution in [0.2, 0.25) is 0 Å². The standard InChI is InChI=1S/C17H18F3NO/c1-21-12-11-16(13-5-3-2-4-6-13)22-15-9-7-14(8-10-15)17(18,19)20/h2-10,16,21H,11-12H2,1H3/i2D,3D,4D,5D,6D. The van der Waals surface area contributed by atoms with Gasteiger partial charge in [0.25, 0.3) is 0 Å². The van der Waals surface area contributed by atoms with Gasteiger partial charge < -0.3 is 10.1 Å². The summed E-state index contributed by atoms with van der Waals surface area (Å²) in [4.78, 5) is 0. The highest BCUT2D eigenvalue weighted by atomic mass is 19.4. The minimum Gasteiger partial charge on any atom is -0.486 e. The number of hydrogen-bond acceptors (Lipinski definition) is 2. The lowest BCUT2D eigenvalue weighted by molar-refractivity contribution is -0.137. The third-order valence-corrected chi connectivity index (χ3v) is 2.96. The van der Waals surface area contributed by atoms with Crippen molar-refractivity contribution in [3.05, 3.63) is 65.6 Å². The number of hydrogen-bond donors (Lipinski definition) is 1. The van der Waals surface area contributed by atoms with Crippen LogP contribution in [0.15, 0.2) is 54.5 Å². The van der Waals surface area contributed by atoms with Gasteiger partial charge in [-0.3, -0.25) is 0 Å². The molecule has 0 aliphatic rings. The molecule has 0 bridgehead atoms. The fourth-order valence-electron chi connectivity index (χ4n) is 1.85. The van der Waals surface area contributed by atoms with Crippen LogP contribution in [0.25, 0.3) is 0 Å². The third-order valence-electron chi connectivity index (χ3n) is 2.96. The third kappa shape index (κ3) is 4.49. The van der Waals surface area contributed by atoms with Crippen LogP contribution in [0.4, 0.5) is 13.2 Å². The van der Waals surface area contributed by atoms with Gasteiger partial charge in [-0.25, -0.2) is 0 Å². The van der Waals surface area contributed by atoms with Crippen LogP contribution < -0.4 is 10.1 Å². The molecule has 2 aromatic carbocycles. The van der Waals surface area contributed by atoms with Gasteiger partial charge in [-0.1, -0.05) is 30.2 Å². The molecule has 1 unspecified atom stereocenters. The summed E-state index contributed by atoms with van der Waals surface area (Å²) in [7, 11) is 1.68. The molecule has 0 saturated heterocycles. The fraction of sp³-hybridized carbons (Fsp3) is 0.294. The molecule has 2 rings (SSSR count). The molecule has 0 fully saturated rings. The highest BCUT2D eigenvalue weighted by molar-refractivity contribution is 5.30. The van der Waals surface area contributed by atoms with Gasteiger partial charge in [0.1, 0.15) is 11.9 Å². The van der Waals surface area contributed by atoms with E-state index in [-0.39, 0.29) is 17.7 Å². The van der Waals surface area contributed by atoms with Gasteiger partial charge in [0.05, 0.1) is 12.4 Å². The molecule has 0 radical (unpaired) electrons. The maximum Gasteiger partial charge on any atom is 0.416 e. The lowest BCUT2D eigenvalue weighted by Crippen LogP contribution is -2.16. The first kappa shape index (κ1) is 10.7. The van der Waals surface area contributed by atoms with Gasteiger partial charge in [0.2, 0.25) is 0 Å². The quantitative estimate of drug-likeness (QED) is 0.851. The molecule has 2 nitrogen and oxygen atoms in total. The number of rotatable bonds is 6. The maximum absolute atomic E-state index is 12.7. The Morgan fingerprint density at radius 1 is 1.14 bits per heavy atom. The van der Waals surface area contributed by atoms with Crippen molar-refractivity contribution in [2.45, 2.75) is 18.7 Å². The summed E-state index contributed by atoms with van der Waals surface area (Å²) >= 11 is 0. The molecule has 2 aromatic rings. The minimum atomic E-state index is -4.48. The Morgan fingerprint density at radius 2 is 1.77 bits per heavy atom. The highest BCUT2D eigenvalue weighted by Crippen LogP contribution is 2.31. The minimum absolute atomic E-state index is 0.0313. The van der Waals surface area contributed by atoms with E-state index in [0.717, 1.165) is 24.3 Å². The molecule has 0 aliphatic heterocycles. The average Bonchev–Trinajstić information content (AvgIpc) is 2.62. The van der Waals surface area contributed by atoms with E-state index in [1.54, 1.807) is 7.05 Å². The van der Waals surface area contributed by atoms with Gasteiger partial charge in [0, 0.05) is 6.42 Å². The summed E-state index contributed by atoms with van der Waals surface area (Å²) in [5.74, 6) is 0.107. The number of halogens is 3. The monoisotopic (exact) mass is 314 g/mol. The smallest absolute Gasteiger partial charge is 0.416 e. The summed E-state index contributed by atoms with van der Waals surface area (Å²) in [6, 6.07) is 1.74. The van der Waals surface area contributed by atoms with Crippen molar-refractivity contribution < 1.29 is 24.8 Å². The lowest BCUT2D eigenvalue weighted by Gasteiger charge is -2.20. The first-order chi connectivity index (χ1) is 12.6. The van der Waals surface area contributed by atoms with Crippen molar-refractivity contribution in [3.8, 4) is 5.75 Å². The second-order valence-electron chi connectivity index (χ2n) is 4.56. The van der Waals surface area contributed by atoms with Crippen LogP contribution in [-0.4, -0.2) is 13.6 Å². The molecule has 118 valence electrons. The first-order valence-corrected chi connectivity index (χ1v) is 6.63. The van der Waals surface area contributed by atoms with Crippen LogP contribution in [-0.2, 0) is 6.18 Å². The second kappa shape index (κ2) is 7.31. The number of alkyl halides is 3. The predicted octanol–water partition coefficient (Wildman–Crippen LogP) is 4.44. The van der Waals surface area contributed by atoms with Gasteiger partial charge in [-0.15, -0.1) is 0 Å². The summed E-state index contributed by atoms with van der Waals surface area (Å²) < 4.78 is 83.1. The Bertz CT molecular complexity index is 783. The van der Waals surface area contributed by atoms with Crippen molar-refractivity contribution >= 4 is 0 Å². The highest BCUT2D eigenvalue weighted by Gasteiger charge is 2.30. The van der Waals surface area contributed by atoms with Gasteiger partial charge in [-0.2, -0.15) is 13.2 Å². The Hall–Kier alpha value is -2.01. The van der Waals surface area contributed by atoms with Crippen LogP contribution in [0.5, 0.6) is 5.75 Å². The van der Waals surface area contributed by atoms with Crippen molar-refractivity contribution in [2.75, 3.05) is 13.6 Å².